The largest absolute Gasteiger partial charge is 0.340 e. The van der Waals surface area contributed by atoms with Gasteiger partial charge >= 0.3 is 0 Å². The number of aromatic nitrogens is 2. The number of rotatable bonds is 3. The Labute approximate surface area is 139 Å². The minimum Gasteiger partial charge on any atom is -0.340 e. The van der Waals surface area contributed by atoms with Gasteiger partial charge in [-0.15, -0.1) is 0 Å². The van der Waals surface area contributed by atoms with Crippen molar-refractivity contribution in [2.75, 3.05) is 7.05 Å². The molecule has 0 aliphatic carbocycles. The van der Waals surface area contributed by atoms with Crippen molar-refractivity contribution >= 4 is 22.5 Å². The van der Waals surface area contributed by atoms with E-state index in [2.05, 4.69) is 0 Å². The van der Waals surface area contributed by atoms with E-state index in [1.807, 2.05) is 62.6 Å². The van der Waals surface area contributed by atoms with Crippen molar-refractivity contribution in [3.05, 3.63) is 69.2 Å². The van der Waals surface area contributed by atoms with E-state index in [1.165, 1.54) is 0 Å². The van der Waals surface area contributed by atoms with Gasteiger partial charge in [0.1, 0.15) is 6.04 Å². The molecule has 2 N–H and O–H groups in total. The number of halogens is 1. The normalized spacial score (nSPS) is 12.5. The molecule has 0 radical (unpaired) electrons. The first kappa shape index (κ1) is 15.7. The van der Waals surface area contributed by atoms with Crippen molar-refractivity contribution in [2.45, 2.75) is 19.9 Å². The molecule has 0 aliphatic rings. The molecule has 1 atom stereocenters. The molecule has 118 valence electrons. The molecule has 0 saturated carbocycles. The second kappa shape index (κ2) is 6.14. The predicted octanol–water partition coefficient (Wildman–Crippen LogP) is 2.60. The lowest BCUT2D eigenvalue weighted by Crippen LogP contribution is -2.80. The maximum absolute atomic E-state index is 13.1. The fraction of sp³-hybridized carbons (Fsp3) is 0.222. The maximum Gasteiger partial charge on any atom is 0.266 e. The Morgan fingerprint density at radius 3 is 2.65 bits per heavy atom. The Kier molecular flexibility index (Phi) is 4.20. The van der Waals surface area contributed by atoms with Crippen molar-refractivity contribution in [1.29, 1.82) is 0 Å². The summed E-state index contributed by atoms with van der Waals surface area (Å²) in [6.07, 6.45) is 0. The first-order valence-corrected chi connectivity index (χ1v) is 7.98. The summed E-state index contributed by atoms with van der Waals surface area (Å²) in [5.74, 6) is 0.738. The molecule has 1 aromatic heterocycles. The summed E-state index contributed by atoms with van der Waals surface area (Å²) in [6.45, 7) is 3.99. The number of fused-ring (bicyclic) bond motifs is 1. The third kappa shape index (κ3) is 2.76. The highest BCUT2D eigenvalue weighted by Crippen LogP contribution is 2.21. The number of aryl methyl sites for hydroxylation is 1. The summed E-state index contributed by atoms with van der Waals surface area (Å²) < 4.78 is 1.71. The van der Waals surface area contributed by atoms with Crippen molar-refractivity contribution < 1.29 is 5.32 Å². The van der Waals surface area contributed by atoms with E-state index < -0.39 is 0 Å². The minimum absolute atomic E-state index is 0.0512. The lowest BCUT2D eigenvalue weighted by atomic mass is 10.1. The molecule has 0 aliphatic heterocycles. The van der Waals surface area contributed by atoms with Gasteiger partial charge in [-0.3, -0.25) is 9.36 Å². The van der Waals surface area contributed by atoms with Crippen molar-refractivity contribution in [1.82, 2.24) is 9.55 Å². The SMILES string of the molecule is C[NH2+][C@@H](C)c1nc2ccccc2c(=O)n1-c1ccc(Cl)cc1C. The molecule has 0 fully saturated rings. The zero-order valence-electron chi connectivity index (χ0n) is 13.4. The minimum atomic E-state index is -0.0512. The quantitative estimate of drug-likeness (QED) is 0.803. The van der Waals surface area contributed by atoms with Gasteiger partial charge < -0.3 is 5.32 Å². The molecule has 2 aromatic carbocycles. The van der Waals surface area contributed by atoms with Gasteiger partial charge in [0.25, 0.3) is 5.56 Å². The van der Waals surface area contributed by atoms with Crippen molar-refractivity contribution in [3.63, 3.8) is 0 Å². The highest BCUT2D eigenvalue weighted by molar-refractivity contribution is 6.30. The number of hydrogen-bond donors (Lipinski definition) is 1. The molecule has 5 heteroatoms. The standard InChI is InChI=1S/C18H18ClN3O/c1-11-10-13(19)8-9-16(11)22-17(12(2)20-3)21-15-7-5-4-6-14(15)18(22)23/h4-10,12,20H,1-3H3/p+1/t12-/m0/s1. The predicted molar refractivity (Wildman–Crippen MR) is 93.4 cm³/mol. The summed E-state index contributed by atoms with van der Waals surface area (Å²) in [5, 5.41) is 3.32. The molecule has 0 saturated heterocycles. The molecule has 0 amide bonds. The first-order valence-electron chi connectivity index (χ1n) is 7.60. The van der Waals surface area contributed by atoms with Gasteiger partial charge in [-0.2, -0.15) is 0 Å². The Morgan fingerprint density at radius 2 is 1.96 bits per heavy atom. The Hall–Kier alpha value is -2.17. The van der Waals surface area contributed by atoms with Crippen LogP contribution in [0.5, 0.6) is 0 Å². The van der Waals surface area contributed by atoms with E-state index in [9.17, 15) is 4.79 Å². The summed E-state index contributed by atoms with van der Waals surface area (Å²) in [6, 6.07) is 13.1. The number of quaternary nitrogens is 1. The number of para-hydroxylation sites is 1. The second-order valence-electron chi connectivity index (χ2n) is 5.68. The van der Waals surface area contributed by atoms with Gasteiger partial charge in [-0.1, -0.05) is 23.7 Å². The monoisotopic (exact) mass is 328 g/mol. The fourth-order valence-electron chi connectivity index (χ4n) is 2.71. The van der Waals surface area contributed by atoms with Crippen LogP contribution in [-0.4, -0.2) is 16.6 Å². The fourth-order valence-corrected chi connectivity index (χ4v) is 2.93. The van der Waals surface area contributed by atoms with E-state index in [0.717, 1.165) is 22.6 Å². The van der Waals surface area contributed by atoms with Gasteiger partial charge in [0.2, 0.25) is 0 Å². The number of nitrogens with zero attached hydrogens (tertiary/aromatic N) is 2. The average molecular weight is 329 g/mol. The lowest BCUT2D eigenvalue weighted by Gasteiger charge is -2.18. The van der Waals surface area contributed by atoms with Crippen LogP contribution in [0.15, 0.2) is 47.3 Å². The van der Waals surface area contributed by atoms with Crippen LogP contribution in [0.4, 0.5) is 0 Å². The zero-order chi connectivity index (χ0) is 16.6. The van der Waals surface area contributed by atoms with Crippen molar-refractivity contribution in [2.24, 2.45) is 0 Å². The molecule has 4 nitrogen and oxygen atoms in total. The van der Waals surface area contributed by atoms with E-state index in [0.29, 0.717) is 10.4 Å². The molecule has 3 rings (SSSR count). The summed E-state index contributed by atoms with van der Waals surface area (Å²) in [4.78, 5) is 17.8. The highest BCUT2D eigenvalue weighted by Gasteiger charge is 2.19. The van der Waals surface area contributed by atoms with E-state index in [4.69, 9.17) is 16.6 Å². The van der Waals surface area contributed by atoms with Crippen LogP contribution in [0, 0.1) is 6.92 Å². The van der Waals surface area contributed by atoms with Gasteiger partial charge in [0.15, 0.2) is 5.82 Å². The topological polar surface area (TPSA) is 51.5 Å². The summed E-state index contributed by atoms with van der Waals surface area (Å²) in [5.41, 5.74) is 2.44. The molecule has 23 heavy (non-hydrogen) atoms. The van der Waals surface area contributed by atoms with E-state index in [1.54, 1.807) is 10.6 Å². The second-order valence-corrected chi connectivity index (χ2v) is 6.12. The van der Waals surface area contributed by atoms with E-state index in [-0.39, 0.29) is 11.6 Å². The number of benzene rings is 2. The van der Waals surface area contributed by atoms with Crippen LogP contribution >= 0.6 is 11.6 Å². The van der Waals surface area contributed by atoms with Gasteiger partial charge in [-0.05, 0) is 49.7 Å². The first-order chi connectivity index (χ1) is 11.0. The third-order valence-electron chi connectivity index (χ3n) is 4.11. The third-order valence-corrected chi connectivity index (χ3v) is 4.34. The number of nitrogens with two attached hydrogens (primary N) is 1. The van der Waals surface area contributed by atoms with Crippen molar-refractivity contribution in [3.8, 4) is 5.69 Å². The van der Waals surface area contributed by atoms with Crippen LogP contribution in [0.1, 0.15) is 24.4 Å². The summed E-state index contributed by atoms with van der Waals surface area (Å²) >= 11 is 6.06. The molecule has 0 unspecified atom stereocenters. The van der Waals surface area contributed by atoms with Gasteiger partial charge in [-0.25, -0.2) is 4.98 Å². The van der Waals surface area contributed by atoms with E-state index >= 15 is 0 Å². The Morgan fingerprint density at radius 1 is 1.22 bits per heavy atom. The number of hydrogen-bond acceptors (Lipinski definition) is 2. The molecular formula is C18H19ClN3O+. The van der Waals surface area contributed by atoms with Gasteiger partial charge in [0.05, 0.1) is 23.6 Å². The highest BCUT2D eigenvalue weighted by atomic mass is 35.5. The van der Waals surface area contributed by atoms with Crippen LogP contribution in [0.2, 0.25) is 5.02 Å². The summed E-state index contributed by atoms with van der Waals surface area (Å²) in [7, 11) is 1.98. The zero-order valence-corrected chi connectivity index (χ0v) is 14.1. The lowest BCUT2D eigenvalue weighted by molar-refractivity contribution is -0.668. The van der Waals surface area contributed by atoms with Crippen LogP contribution < -0.4 is 10.9 Å². The smallest absolute Gasteiger partial charge is 0.266 e. The Balaban J connectivity index is 2.42. The van der Waals surface area contributed by atoms with Gasteiger partial charge in [0, 0.05) is 5.02 Å². The molecule has 0 spiro atoms. The van der Waals surface area contributed by atoms with Crippen LogP contribution in [0.3, 0.4) is 0 Å². The molecule has 1 heterocycles. The molecular weight excluding hydrogens is 310 g/mol. The average Bonchev–Trinajstić information content (AvgIpc) is 2.55. The van der Waals surface area contributed by atoms with Crippen LogP contribution in [0.25, 0.3) is 16.6 Å². The van der Waals surface area contributed by atoms with Crippen LogP contribution in [-0.2, 0) is 0 Å². The maximum atomic E-state index is 13.1. The Bertz CT molecular complexity index is 933. The molecule has 0 bridgehead atoms. The molecule has 3 aromatic rings.